The van der Waals surface area contributed by atoms with E-state index in [4.69, 9.17) is 15.6 Å². The highest BCUT2D eigenvalue weighted by molar-refractivity contribution is 6.00. The van der Waals surface area contributed by atoms with Crippen molar-refractivity contribution in [3.8, 4) is 17.0 Å². The zero-order chi connectivity index (χ0) is 20.5. The number of benzene rings is 2. The molecule has 0 spiro atoms. The Kier molecular flexibility index (Phi) is 4.96. The Morgan fingerprint density at radius 3 is 2.73 bits per heavy atom. The predicted molar refractivity (Wildman–Crippen MR) is 118 cm³/mol. The maximum atomic E-state index is 6.28. The number of ether oxygens (including phenoxy) is 1. The monoisotopic (exact) mass is 403 g/mol. The van der Waals surface area contributed by atoms with Crippen LogP contribution in [0, 0.1) is 5.92 Å². The molecule has 1 saturated heterocycles. The zero-order valence-electron chi connectivity index (χ0n) is 17.2. The van der Waals surface area contributed by atoms with Crippen molar-refractivity contribution < 1.29 is 10.1 Å². The molecule has 4 N–H and O–H groups in total. The summed E-state index contributed by atoms with van der Waals surface area (Å²) in [4.78, 5) is 8.77. The van der Waals surface area contributed by atoms with Gasteiger partial charge in [-0.3, -0.25) is 0 Å². The Bertz CT molecular complexity index is 1200. The Labute approximate surface area is 175 Å². The molecule has 0 bridgehead atoms. The molecule has 0 radical (unpaired) electrons. The largest absolute Gasteiger partial charge is 0.494 e. The molecule has 0 atom stereocenters. The summed E-state index contributed by atoms with van der Waals surface area (Å²) in [6.07, 6.45) is 3.94. The molecule has 154 valence electrons. The molecular formula is C23H27N6O+. The van der Waals surface area contributed by atoms with E-state index in [0.717, 1.165) is 45.4 Å². The summed E-state index contributed by atoms with van der Waals surface area (Å²) in [6, 6.07) is 12.5. The summed E-state index contributed by atoms with van der Waals surface area (Å²) in [6.45, 7) is 5.88. The number of aromatic nitrogens is 4. The molecule has 0 amide bonds. The fourth-order valence-electron chi connectivity index (χ4n) is 4.41. The SMILES string of the molecule is CCOc1ccc2cc(-c3nn(CC4CC[NH2+]CC4)c4ncnc(N)c34)ccc2c1. The lowest BCUT2D eigenvalue weighted by Crippen LogP contribution is -2.86. The van der Waals surface area contributed by atoms with Gasteiger partial charge in [-0.25, -0.2) is 14.6 Å². The fraction of sp³-hybridized carbons (Fsp3) is 0.348. The molecule has 7 nitrogen and oxygen atoms in total. The number of anilines is 1. The first kappa shape index (κ1) is 18.8. The van der Waals surface area contributed by atoms with Crippen molar-refractivity contribution in [1.82, 2.24) is 19.7 Å². The number of nitrogen functional groups attached to an aromatic ring is 1. The second kappa shape index (κ2) is 7.91. The Hall–Kier alpha value is -3.19. The van der Waals surface area contributed by atoms with Gasteiger partial charge in [0.25, 0.3) is 0 Å². The molecule has 4 aromatic rings. The molecule has 2 aromatic carbocycles. The number of fused-ring (bicyclic) bond motifs is 2. The second-order valence-corrected chi connectivity index (χ2v) is 7.95. The van der Waals surface area contributed by atoms with E-state index < -0.39 is 0 Å². The van der Waals surface area contributed by atoms with Gasteiger partial charge in [-0.05, 0) is 41.8 Å². The predicted octanol–water partition coefficient (Wildman–Crippen LogP) is 2.60. The van der Waals surface area contributed by atoms with Crippen molar-refractivity contribution in [2.45, 2.75) is 26.3 Å². The minimum atomic E-state index is 0.477. The van der Waals surface area contributed by atoms with Crippen molar-refractivity contribution >= 4 is 27.6 Å². The summed E-state index contributed by atoms with van der Waals surface area (Å²) < 4.78 is 7.66. The van der Waals surface area contributed by atoms with Crippen LogP contribution in [0.15, 0.2) is 42.7 Å². The number of quaternary nitrogens is 1. The van der Waals surface area contributed by atoms with Gasteiger partial charge in [-0.15, -0.1) is 0 Å². The lowest BCUT2D eigenvalue weighted by Gasteiger charge is -2.20. The van der Waals surface area contributed by atoms with Gasteiger partial charge in [0, 0.05) is 24.9 Å². The maximum Gasteiger partial charge on any atom is 0.163 e. The average molecular weight is 404 g/mol. The third kappa shape index (κ3) is 3.45. The van der Waals surface area contributed by atoms with E-state index in [9.17, 15) is 0 Å². The third-order valence-electron chi connectivity index (χ3n) is 5.94. The first-order valence-electron chi connectivity index (χ1n) is 10.7. The molecule has 30 heavy (non-hydrogen) atoms. The van der Waals surface area contributed by atoms with Gasteiger partial charge in [0.15, 0.2) is 5.65 Å². The van der Waals surface area contributed by atoms with E-state index in [0.29, 0.717) is 18.3 Å². The molecule has 7 heteroatoms. The number of piperidine rings is 1. The normalized spacial score (nSPS) is 15.1. The number of rotatable bonds is 5. The van der Waals surface area contributed by atoms with E-state index >= 15 is 0 Å². The van der Waals surface area contributed by atoms with Gasteiger partial charge in [0.05, 0.1) is 25.1 Å². The number of nitrogens with zero attached hydrogens (tertiary/aromatic N) is 4. The van der Waals surface area contributed by atoms with Crippen LogP contribution in [0.5, 0.6) is 5.75 Å². The summed E-state index contributed by atoms with van der Waals surface area (Å²) in [5.41, 5.74) is 8.97. The van der Waals surface area contributed by atoms with Crippen molar-refractivity contribution in [1.29, 1.82) is 0 Å². The Morgan fingerprint density at radius 1 is 1.10 bits per heavy atom. The Balaban J connectivity index is 1.58. The van der Waals surface area contributed by atoms with Crippen molar-refractivity contribution in [2.75, 3.05) is 25.4 Å². The summed E-state index contributed by atoms with van der Waals surface area (Å²) in [5.74, 6) is 1.98. The molecule has 2 aromatic heterocycles. The molecule has 3 heterocycles. The topological polar surface area (TPSA) is 95.5 Å². The smallest absolute Gasteiger partial charge is 0.163 e. The van der Waals surface area contributed by atoms with Crippen molar-refractivity contribution in [3.63, 3.8) is 0 Å². The van der Waals surface area contributed by atoms with Gasteiger partial charge in [-0.2, -0.15) is 5.10 Å². The number of hydrogen-bond acceptors (Lipinski definition) is 5. The third-order valence-corrected chi connectivity index (χ3v) is 5.94. The van der Waals surface area contributed by atoms with E-state index in [1.807, 2.05) is 17.7 Å². The van der Waals surface area contributed by atoms with Crippen LogP contribution in [0.25, 0.3) is 33.1 Å². The zero-order valence-corrected chi connectivity index (χ0v) is 17.2. The second-order valence-electron chi connectivity index (χ2n) is 7.95. The van der Waals surface area contributed by atoms with Crippen LogP contribution < -0.4 is 15.8 Å². The van der Waals surface area contributed by atoms with Crippen LogP contribution in [-0.2, 0) is 6.54 Å². The molecule has 5 rings (SSSR count). The number of hydrogen-bond donors (Lipinski definition) is 2. The van der Waals surface area contributed by atoms with E-state index in [1.54, 1.807) is 0 Å². The number of nitrogens with two attached hydrogens (primary N) is 2. The van der Waals surface area contributed by atoms with Crippen LogP contribution in [0.4, 0.5) is 5.82 Å². The van der Waals surface area contributed by atoms with Gasteiger partial charge in [0.1, 0.15) is 23.6 Å². The van der Waals surface area contributed by atoms with Gasteiger partial charge in [-0.1, -0.05) is 18.2 Å². The van der Waals surface area contributed by atoms with E-state index in [1.165, 1.54) is 32.3 Å². The highest BCUT2D eigenvalue weighted by Crippen LogP contribution is 2.33. The van der Waals surface area contributed by atoms with Crippen LogP contribution in [-0.4, -0.2) is 39.4 Å². The van der Waals surface area contributed by atoms with Crippen molar-refractivity contribution in [2.24, 2.45) is 5.92 Å². The van der Waals surface area contributed by atoms with Gasteiger partial charge >= 0.3 is 0 Å². The highest BCUT2D eigenvalue weighted by Gasteiger charge is 2.21. The first-order chi connectivity index (χ1) is 14.7. The van der Waals surface area contributed by atoms with E-state index in [2.05, 4.69) is 45.6 Å². The summed E-state index contributed by atoms with van der Waals surface area (Å²) in [7, 11) is 0. The Morgan fingerprint density at radius 2 is 1.90 bits per heavy atom. The van der Waals surface area contributed by atoms with Gasteiger partial charge in [0.2, 0.25) is 0 Å². The maximum absolute atomic E-state index is 6.28. The fourth-order valence-corrected chi connectivity index (χ4v) is 4.41. The molecule has 1 fully saturated rings. The molecule has 0 saturated carbocycles. The lowest BCUT2D eigenvalue weighted by atomic mass is 9.98. The van der Waals surface area contributed by atoms with Crippen LogP contribution in [0.2, 0.25) is 0 Å². The van der Waals surface area contributed by atoms with Crippen molar-refractivity contribution in [3.05, 3.63) is 42.7 Å². The standard InChI is InChI=1S/C23H26N6O/c1-2-30-19-6-5-16-11-18(4-3-17(16)12-19)21-20-22(24)26-14-27-23(20)29(28-21)13-15-7-9-25-10-8-15/h3-6,11-12,14-15,25H,2,7-10,13H2,1H3,(H2,24,26,27)/p+1. The van der Waals surface area contributed by atoms with E-state index in [-0.39, 0.29) is 0 Å². The molecule has 0 aliphatic carbocycles. The highest BCUT2D eigenvalue weighted by atomic mass is 16.5. The van der Waals surface area contributed by atoms with Gasteiger partial charge < -0.3 is 15.8 Å². The average Bonchev–Trinajstić information content (AvgIpc) is 3.14. The molecule has 0 unspecified atom stereocenters. The first-order valence-corrected chi connectivity index (χ1v) is 10.7. The molecular weight excluding hydrogens is 376 g/mol. The van der Waals surface area contributed by atoms with Crippen LogP contribution >= 0.6 is 0 Å². The quantitative estimate of drug-likeness (QED) is 0.534. The minimum Gasteiger partial charge on any atom is -0.494 e. The minimum absolute atomic E-state index is 0.477. The molecule has 1 aliphatic rings. The lowest BCUT2D eigenvalue weighted by molar-refractivity contribution is -0.665. The molecule has 1 aliphatic heterocycles. The van der Waals surface area contributed by atoms with Crippen LogP contribution in [0.1, 0.15) is 19.8 Å². The summed E-state index contributed by atoms with van der Waals surface area (Å²) >= 11 is 0. The van der Waals surface area contributed by atoms with Crippen LogP contribution in [0.3, 0.4) is 0 Å². The summed E-state index contributed by atoms with van der Waals surface area (Å²) in [5, 5.41) is 10.5.